The second-order valence-electron chi connectivity index (χ2n) is 4.67. The molecule has 2 heterocycles. The predicted molar refractivity (Wildman–Crippen MR) is 76.3 cm³/mol. The lowest BCUT2D eigenvalue weighted by atomic mass is 10.1. The molecule has 3 aromatic rings. The predicted octanol–water partition coefficient (Wildman–Crippen LogP) is 2.08. The van der Waals surface area contributed by atoms with Crippen molar-refractivity contribution in [2.45, 2.75) is 12.5 Å². The summed E-state index contributed by atoms with van der Waals surface area (Å²) in [6, 6.07) is 10.1. The van der Waals surface area contributed by atoms with Crippen molar-refractivity contribution in [2.24, 2.45) is 5.73 Å². The van der Waals surface area contributed by atoms with Crippen LogP contribution in [0, 0.1) is 0 Å². The number of aromatic nitrogens is 3. The van der Waals surface area contributed by atoms with E-state index in [9.17, 15) is 5.11 Å². The largest absolute Gasteiger partial charge is 0.508 e. The van der Waals surface area contributed by atoms with E-state index in [1.54, 1.807) is 36.7 Å². The van der Waals surface area contributed by atoms with Crippen molar-refractivity contribution >= 4 is 0 Å². The van der Waals surface area contributed by atoms with E-state index in [0.717, 1.165) is 11.1 Å². The second-order valence-corrected chi connectivity index (χ2v) is 4.67. The molecule has 6 heteroatoms. The van der Waals surface area contributed by atoms with Gasteiger partial charge < -0.3 is 15.4 Å². The van der Waals surface area contributed by atoms with E-state index in [1.165, 1.54) is 0 Å². The summed E-state index contributed by atoms with van der Waals surface area (Å²) in [5, 5.41) is 13.2. The van der Waals surface area contributed by atoms with Crippen LogP contribution >= 0.6 is 0 Å². The molecule has 0 aliphatic heterocycles. The molecule has 2 aromatic heterocycles. The standard InChI is InChI=1S/C15H14N4O2/c16-13(9-10-1-3-12(20)4-2-10)15-18-14(19-21-15)11-5-7-17-8-6-11/h1-8,13,20H,9,16H2/t13-/m0/s1. The maximum absolute atomic E-state index is 9.26. The van der Waals surface area contributed by atoms with Crippen LogP contribution in [-0.4, -0.2) is 20.2 Å². The highest BCUT2D eigenvalue weighted by Gasteiger charge is 2.16. The molecule has 0 saturated carbocycles. The van der Waals surface area contributed by atoms with Crippen LogP contribution in [0.4, 0.5) is 0 Å². The summed E-state index contributed by atoms with van der Waals surface area (Å²) in [5.41, 5.74) is 7.91. The van der Waals surface area contributed by atoms with Crippen LogP contribution < -0.4 is 5.73 Å². The molecule has 0 fully saturated rings. The fourth-order valence-corrected chi connectivity index (χ4v) is 1.98. The Hall–Kier alpha value is -2.73. The minimum absolute atomic E-state index is 0.227. The Kier molecular flexibility index (Phi) is 3.61. The molecular weight excluding hydrogens is 268 g/mol. The number of hydrogen-bond acceptors (Lipinski definition) is 6. The molecule has 0 unspecified atom stereocenters. The maximum atomic E-state index is 9.26. The SMILES string of the molecule is N[C@@H](Cc1ccc(O)cc1)c1nc(-c2ccncc2)no1. The molecule has 1 aromatic carbocycles. The van der Waals surface area contributed by atoms with Crippen LogP contribution in [0.15, 0.2) is 53.3 Å². The molecule has 1 atom stereocenters. The summed E-state index contributed by atoms with van der Waals surface area (Å²) in [4.78, 5) is 8.26. The monoisotopic (exact) mass is 282 g/mol. The highest BCUT2D eigenvalue weighted by atomic mass is 16.5. The molecule has 6 nitrogen and oxygen atoms in total. The van der Waals surface area contributed by atoms with Crippen molar-refractivity contribution < 1.29 is 9.63 Å². The van der Waals surface area contributed by atoms with E-state index in [-0.39, 0.29) is 5.75 Å². The van der Waals surface area contributed by atoms with Gasteiger partial charge in [0.15, 0.2) is 0 Å². The number of nitrogens with zero attached hydrogens (tertiary/aromatic N) is 3. The van der Waals surface area contributed by atoms with Crippen molar-refractivity contribution in [2.75, 3.05) is 0 Å². The van der Waals surface area contributed by atoms with Gasteiger partial charge in [-0.15, -0.1) is 0 Å². The molecule has 21 heavy (non-hydrogen) atoms. The van der Waals surface area contributed by atoms with Crippen LogP contribution in [0.1, 0.15) is 17.5 Å². The average molecular weight is 282 g/mol. The van der Waals surface area contributed by atoms with Crippen LogP contribution in [-0.2, 0) is 6.42 Å². The van der Waals surface area contributed by atoms with Crippen molar-refractivity contribution in [1.82, 2.24) is 15.1 Å². The van der Waals surface area contributed by atoms with Crippen molar-refractivity contribution in [1.29, 1.82) is 0 Å². The van der Waals surface area contributed by atoms with Gasteiger partial charge >= 0.3 is 0 Å². The third-order valence-electron chi connectivity index (χ3n) is 3.09. The fourth-order valence-electron chi connectivity index (χ4n) is 1.98. The Labute approximate surface area is 121 Å². The Bertz CT molecular complexity index is 710. The zero-order chi connectivity index (χ0) is 14.7. The summed E-state index contributed by atoms with van der Waals surface area (Å²) in [5.74, 6) is 1.11. The number of rotatable bonds is 4. The van der Waals surface area contributed by atoms with Gasteiger partial charge in [-0.2, -0.15) is 4.98 Å². The molecule has 0 radical (unpaired) electrons. The van der Waals surface area contributed by atoms with Crippen LogP contribution in [0.2, 0.25) is 0 Å². The van der Waals surface area contributed by atoms with Gasteiger partial charge in [0, 0.05) is 18.0 Å². The molecule has 3 rings (SSSR count). The van der Waals surface area contributed by atoms with Crippen molar-refractivity contribution in [3.8, 4) is 17.1 Å². The number of nitrogens with two attached hydrogens (primary N) is 1. The summed E-state index contributed by atoms with van der Waals surface area (Å²) in [6.07, 6.45) is 3.89. The molecule has 0 aliphatic rings. The van der Waals surface area contributed by atoms with Gasteiger partial charge in [-0.05, 0) is 36.2 Å². The van der Waals surface area contributed by atoms with Gasteiger partial charge in [0.05, 0.1) is 6.04 Å². The maximum Gasteiger partial charge on any atom is 0.244 e. The first kappa shape index (κ1) is 13.3. The summed E-state index contributed by atoms with van der Waals surface area (Å²) in [6.45, 7) is 0. The molecule has 3 N–H and O–H groups in total. The number of pyridine rings is 1. The summed E-state index contributed by atoms with van der Waals surface area (Å²) in [7, 11) is 0. The number of hydrogen-bond donors (Lipinski definition) is 2. The smallest absolute Gasteiger partial charge is 0.244 e. The topological polar surface area (TPSA) is 98.1 Å². The Morgan fingerprint density at radius 2 is 1.81 bits per heavy atom. The Balaban J connectivity index is 1.75. The normalized spacial score (nSPS) is 12.2. The lowest BCUT2D eigenvalue weighted by Crippen LogP contribution is -2.13. The van der Waals surface area contributed by atoms with Crippen LogP contribution in [0.25, 0.3) is 11.4 Å². The minimum Gasteiger partial charge on any atom is -0.508 e. The van der Waals surface area contributed by atoms with Crippen molar-refractivity contribution in [3.63, 3.8) is 0 Å². The highest BCUT2D eigenvalue weighted by Crippen LogP contribution is 2.20. The molecule has 0 spiro atoms. The number of aromatic hydroxyl groups is 1. The van der Waals surface area contributed by atoms with Crippen molar-refractivity contribution in [3.05, 3.63) is 60.2 Å². The van der Waals surface area contributed by atoms with Gasteiger partial charge in [-0.1, -0.05) is 17.3 Å². The van der Waals surface area contributed by atoms with Gasteiger partial charge in [0.25, 0.3) is 0 Å². The molecular formula is C15H14N4O2. The van der Waals surface area contributed by atoms with E-state index < -0.39 is 6.04 Å². The van der Waals surface area contributed by atoms with Gasteiger partial charge in [-0.25, -0.2) is 0 Å². The second kappa shape index (κ2) is 5.72. The molecule has 0 saturated heterocycles. The lowest BCUT2D eigenvalue weighted by molar-refractivity contribution is 0.354. The van der Waals surface area contributed by atoms with E-state index in [1.807, 2.05) is 12.1 Å². The van der Waals surface area contributed by atoms with Gasteiger partial charge in [-0.3, -0.25) is 4.98 Å². The first-order valence-corrected chi connectivity index (χ1v) is 6.50. The zero-order valence-electron chi connectivity index (χ0n) is 11.2. The number of benzene rings is 1. The van der Waals surface area contributed by atoms with Crippen LogP contribution in [0.3, 0.4) is 0 Å². The fraction of sp³-hybridized carbons (Fsp3) is 0.133. The van der Waals surface area contributed by atoms with E-state index >= 15 is 0 Å². The lowest BCUT2D eigenvalue weighted by Gasteiger charge is -2.06. The first-order valence-electron chi connectivity index (χ1n) is 6.50. The van der Waals surface area contributed by atoms with E-state index in [0.29, 0.717) is 18.1 Å². The van der Waals surface area contributed by atoms with E-state index in [2.05, 4.69) is 15.1 Å². The summed E-state index contributed by atoms with van der Waals surface area (Å²) < 4.78 is 5.22. The molecule has 0 aliphatic carbocycles. The van der Waals surface area contributed by atoms with Gasteiger partial charge in [0.1, 0.15) is 5.75 Å². The molecule has 0 amide bonds. The Morgan fingerprint density at radius 1 is 1.10 bits per heavy atom. The Morgan fingerprint density at radius 3 is 2.52 bits per heavy atom. The average Bonchev–Trinajstić information content (AvgIpc) is 3.00. The van der Waals surface area contributed by atoms with Gasteiger partial charge in [0.2, 0.25) is 11.7 Å². The quantitative estimate of drug-likeness (QED) is 0.760. The molecule has 0 bridgehead atoms. The first-order chi connectivity index (χ1) is 10.2. The zero-order valence-corrected chi connectivity index (χ0v) is 11.2. The number of phenols is 1. The van der Waals surface area contributed by atoms with Crippen LogP contribution in [0.5, 0.6) is 5.75 Å². The minimum atomic E-state index is -0.391. The van der Waals surface area contributed by atoms with E-state index in [4.69, 9.17) is 10.3 Å². The summed E-state index contributed by atoms with van der Waals surface area (Å²) >= 11 is 0. The number of phenolic OH excluding ortho intramolecular Hbond substituents is 1. The highest BCUT2D eigenvalue weighted by molar-refractivity contribution is 5.52. The third kappa shape index (κ3) is 3.06. The molecule has 106 valence electrons. The third-order valence-corrected chi connectivity index (χ3v) is 3.09.